The summed E-state index contributed by atoms with van der Waals surface area (Å²) >= 11 is 0. The standard InChI is InChI=1S/C14H12O6/c1-8(15)19-11-4-3-9-5-10(14(17)18-2)6-13(16)20-12(9)7-11/h3-5,7H,6H2,1-2H3. The summed E-state index contributed by atoms with van der Waals surface area (Å²) < 4.78 is 14.6. The maximum Gasteiger partial charge on any atom is 0.334 e. The average Bonchev–Trinajstić information content (AvgIpc) is 2.54. The molecule has 1 aromatic rings. The summed E-state index contributed by atoms with van der Waals surface area (Å²) in [4.78, 5) is 34.0. The van der Waals surface area contributed by atoms with Crippen LogP contribution in [0.2, 0.25) is 0 Å². The van der Waals surface area contributed by atoms with Gasteiger partial charge in [0.25, 0.3) is 0 Å². The first-order valence-corrected chi connectivity index (χ1v) is 5.81. The van der Waals surface area contributed by atoms with Gasteiger partial charge in [0.2, 0.25) is 0 Å². The molecular formula is C14H12O6. The molecule has 2 rings (SSSR count). The largest absolute Gasteiger partial charge is 0.466 e. The lowest BCUT2D eigenvalue weighted by Crippen LogP contribution is -2.12. The predicted molar refractivity (Wildman–Crippen MR) is 68.0 cm³/mol. The fraction of sp³-hybridized carbons (Fsp3) is 0.214. The molecule has 0 atom stereocenters. The molecule has 0 fully saturated rings. The third kappa shape index (κ3) is 3.03. The van der Waals surface area contributed by atoms with Crippen LogP contribution in [0.25, 0.3) is 6.08 Å². The van der Waals surface area contributed by atoms with Gasteiger partial charge in [-0.15, -0.1) is 0 Å². The van der Waals surface area contributed by atoms with Gasteiger partial charge in [0.05, 0.1) is 13.5 Å². The van der Waals surface area contributed by atoms with Crippen LogP contribution in [0.5, 0.6) is 11.5 Å². The number of hydrogen-bond donors (Lipinski definition) is 0. The van der Waals surface area contributed by atoms with Crippen molar-refractivity contribution in [2.45, 2.75) is 13.3 Å². The molecule has 20 heavy (non-hydrogen) atoms. The molecule has 0 aromatic heterocycles. The van der Waals surface area contributed by atoms with E-state index < -0.39 is 17.9 Å². The molecule has 0 radical (unpaired) electrons. The first-order chi connectivity index (χ1) is 9.49. The predicted octanol–water partition coefficient (Wildman–Crippen LogP) is 1.48. The fourth-order valence-corrected chi connectivity index (χ4v) is 1.77. The van der Waals surface area contributed by atoms with Crippen LogP contribution in [0.3, 0.4) is 0 Å². The van der Waals surface area contributed by atoms with Crippen LogP contribution in [-0.4, -0.2) is 25.0 Å². The molecule has 104 valence electrons. The molecule has 0 unspecified atom stereocenters. The number of benzene rings is 1. The third-order valence-electron chi connectivity index (χ3n) is 2.58. The summed E-state index contributed by atoms with van der Waals surface area (Å²) in [6, 6.07) is 4.56. The van der Waals surface area contributed by atoms with E-state index in [1.54, 1.807) is 12.1 Å². The molecule has 0 aliphatic carbocycles. The van der Waals surface area contributed by atoms with Gasteiger partial charge in [-0.1, -0.05) is 0 Å². The highest BCUT2D eigenvalue weighted by atomic mass is 16.5. The highest BCUT2D eigenvalue weighted by Gasteiger charge is 2.22. The lowest BCUT2D eigenvalue weighted by molar-refractivity contribution is -0.139. The number of ether oxygens (including phenoxy) is 3. The Morgan fingerprint density at radius 3 is 2.70 bits per heavy atom. The van der Waals surface area contributed by atoms with Crippen LogP contribution in [0.15, 0.2) is 23.8 Å². The summed E-state index contributed by atoms with van der Waals surface area (Å²) in [6.45, 7) is 1.27. The Bertz CT molecular complexity index is 614. The first kappa shape index (κ1) is 13.8. The Morgan fingerprint density at radius 1 is 1.30 bits per heavy atom. The number of methoxy groups -OCH3 is 1. The highest BCUT2D eigenvalue weighted by Crippen LogP contribution is 2.30. The molecule has 0 spiro atoms. The minimum atomic E-state index is -0.584. The molecule has 0 N–H and O–H groups in total. The zero-order valence-corrected chi connectivity index (χ0v) is 11.0. The molecule has 0 amide bonds. The molecule has 1 aromatic carbocycles. The van der Waals surface area contributed by atoms with Crippen molar-refractivity contribution in [3.8, 4) is 11.5 Å². The van der Waals surface area contributed by atoms with E-state index >= 15 is 0 Å². The zero-order chi connectivity index (χ0) is 14.7. The molecular weight excluding hydrogens is 264 g/mol. The number of hydrogen-bond acceptors (Lipinski definition) is 6. The summed E-state index contributed by atoms with van der Waals surface area (Å²) in [6.07, 6.45) is 1.34. The maximum absolute atomic E-state index is 11.6. The number of carbonyl (C=O) groups excluding carboxylic acids is 3. The van der Waals surface area contributed by atoms with E-state index in [0.29, 0.717) is 5.56 Å². The lowest BCUT2D eigenvalue weighted by atomic mass is 10.1. The molecule has 1 aliphatic heterocycles. The van der Waals surface area contributed by atoms with Crippen LogP contribution in [-0.2, 0) is 19.1 Å². The molecule has 6 heteroatoms. The highest BCUT2D eigenvalue weighted by molar-refractivity contribution is 6.00. The van der Waals surface area contributed by atoms with Crippen molar-refractivity contribution in [2.75, 3.05) is 7.11 Å². The minimum absolute atomic E-state index is 0.176. The van der Waals surface area contributed by atoms with E-state index in [-0.39, 0.29) is 23.5 Å². The van der Waals surface area contributed by atoms with Crippen LogP contribution in [0, 0.1) is 0 Å². The second-order valence-electron chi connectivity index (χ2n) is 4.11. The molecule has 0 bridgehead atoms. The van der Waals surface area contributed by atoms with Crippen LogP contribution in [0.4, 0.5) is 0 Å². The molecule has 0 saturated heterocycles. The molecule has 6 nitrogen and oxygen atoms in total. The topological polar surface area (TPSA) is 78.9 Å². The number of esters is 3. The van der Waals surface area contributed by atoms with Gasteiger partial charge in [-0.2, -0.15) is 0 Å². The zero-order valence-electron chi connectivity index (χ0n) is 11.0. The minimum Gasteiger partial charge on any atom is -0.466 e. The van der Waals surface area contributed by atoms with Gasteiger partial charge in [0.1, 0.15) is 11.5 Å². The number of carbonyl (C=O) groups is 3. The number of fused-ring (bicyclic) bond motifs is 1. The quantitative estimate of drug-likeness (QED) is 0.601. The molecule has 1 aliphatic rings. The first-order valence-electron chi connectivity index (χ1n) is 5.81. The third-order valence-corrected chi connectivity index (χ3v) is 2.58. The van der Waals surface area contributed by atoms with Crippen molar-refractivity contribution in [3.63, 3.8) is 0 Å². The van der Waals surface area contributed by atoms with Crippen LogP contribution < -0.4 is 9.47 Å². The van der Waals surface area contributed by atoms with Crippen molar-refractivity contribution in [3.05, 3.63) is 29.3 Å². The van der Waals surface area contributed by atoms with Gasteiger partial charge in [-0.05, 0) is 18.2 Å². The van der Waals surface area contributed by atoms with Crippen molar-refractivity contribution in [1.82, 2.24) is 0 Å². The average molecular weight is 276 g/mol. The summed E-state index contributed by atoms with van der Waals surface area (Å²) in [5.41, 5.74) is 0.739. The van der Waals surface area contributed by atoms with Crippen molar-refractivity contribution in [2.24, 2.45) is 0 Å². The molecule has 0 saturated carbocycles. The normalized spacial score (nSPS) is 13.5. The van der Waals surface area contributed by atoms with Crippen LogP contribution >= 0.6 is 0 Å². The van der Waals surface area contributed by atoms with Gasteiger partial charge in [-0.3, -0.25) is 9.59 Å². The Balaban J connectivity index is 2.41. The van der Waals surface area contributed by atoms with Gasteiger partial charge < -0.3 is 14.2 Å². The van der Waals surface area contributed by atoms with Crippen molar-refractivity contribution >= 4 is 24.0 Å². The van der Waals surface area contributed by atoms with E-state index in [1.165, 1.54) is 26.2 Å². The van der Waals surface area contributed by atoms with Gasteiger partial charge >= 0.3 is 17.9 Å². The SMILES string of the molecule is COC(=O)C1=Cc2ccc(OC(C)=O)cc2OC(=O)C1. The monoisotopic (exact) mass is 276 g/mol. The van der Waals surface area contributed by atoms with Gasteiger partial charge in [0.15, 0.2) is 0 Å². The number of rotatable bonds is 2. The summed E-state index contributed by atoms with van der Waals surface area (Å²) in [5.74, 6) is -1.15. The lowest BCUT2D eigenvalue weighted by Gasteiger charge is -2.07. The van der Waals surface area contributed by atoms with Crippen molar-refractivity contribution < 1.29 is 28.6 Å². The second kappa shape index (κ2) is 5.56. The summed E-state index contributed by atoms with van der Waals surface area (Å²) in [7, 11) is 1.24. The molecule has 1 heterocycles. The fourth-order valence-electron chi connectivity index (χ4n) is 1.77. The van der Waals surface area contributed by atoms with Gasteiger partial charge in [-0.25, -0.2) is 4.79 Å². The van der Waals surface area contributed by atoms with Crippen LogP contribution in [0.1, 0.15) is 18.9 Å². The Kier molecular flexibility index (Phi) is 3.84. The Labute approximate surface area is 114 Å². The van der Waals surface area contributed by atoms with Gasteiger partial charge in [0, 0.05) is 24.1 Å². The van der Waals surface area contributed by atoms with E-state index in [2.05, 4.69) is 4.74 Å². The summed E-state index contributed by atoms with van der Waals surface area (Å²) in [5, 5.41) is 0. The second-order valence-corrected chi connectivity index (χ2v) is 4.11. The van der Waals surface area contributed by atoms with E-state index in [4.69, 9.17) is 9.47 Å². The van der Waals surface area contributed by atoms with E-state index in [1.807, 2.05) is 0 Å². The maximum atomic E-state index is 11.6. The van der Waals surface area contributed by atoms with Crippen molar-refractivity contribution in [1.29, 1.82) is 0 Å². The Hall–Kier alpha value is -2.63. The smallest absolute Gasteiger partial charge is 0.334 e. The Morgan fingerprint density at radius 2 is 2.05 bits per heavy atom. The van der Waals surface area contributed by atoms with E-state index in [9.17, 15) is 14.4 Å². The van der Waals surface area contributed by atoms with E-state index in [0.717, 1.165) is 0 Å².